The van der Waals surface area contributed by atoms with Crippen LogP contribution < -0.4 is 9.47 Å². The second kappa shape index (κ2) is 6.65. The van der Waals surface area contributed by atoms with Crippen molar-refractivity contribution >= 4 is 21.7 Å². The van der Waals surface area contributed by atoms with Crippen molar-refractivity contribution in [1.82, 2.24) is 0 Å². The third-order valence-corrected chi connectivity index (χ3v) is 4.57. The molecule has 0 aromatic heterocycles. The van der Waals surface area contributed by atoms with E-state index in [0.29, 0.717) is 0 Å². The van der Waals surface area contributed by atoms with Gasteiger partial charge in [0.15, 0.2) is 0 Å². The van der Waals surface area contributed by atoms with Crippen LogP contribution in [0.1, 0.15) is 38.2 Å². The van der Waals surface area contributed by atoms with Crippen LogP contribution in [0.15, 0.2) is 28.3 Å². The Morgan fingerprint density at radius 1 is 1.24 bits per heavy atom. The van der Waals surface area contributed by atoms with Crippen molar-refractivity contribution in [2.24, 2.45) is 5.92 Å². The van der Waals surface area contributed by atoms with Crippen molar-refractivity contribution in [2.75, 3.05) is 14.2 Å². The first kappa shape index (κ1) is 16.1. The minimum absolute atomic E-state index is 0.00856. The zero-order valence-corrected chi connectivity index (χ0v) is 14.5. The van der Waals surface area contributed by atoms with E-state index in [1.54, 1.807) is 21.1 Å². The van der Waals surface area contributed by atoms with E-state index in [9.17, 15) is 4.79 Å². The van der Waals surface area contributed by atoms with Crippen molar-refractivity contribution in [3.05, 3.63) is 33.8 Å². The lowest BCUT2D eigenvalue weighted by atomic mass is 9.76. The van der Waals surface area contributed by atoms with Gasteiger partial charge in [-0.15, -0.1) is 0 Å². The number of ether oxygens (including phenoxy) is 2. The molecule has 2 atom stereocenters. The Balaban J connectivity index is 2.61. The van der Waals surface area contributed by atoms with Crippen LogP contribution in [0, 0.1) is 5.92 Å². The molecule has 0 saturated carbocycles. The number of carbonyl (C=O) groups is 1. The molecular formula is C17H21BrO3. The van der Waals surface area contributed by atoms with Crippen LogP contribution in [0.4, 0.5) is 0 Å². The number of allylic oxidation sites excluding steroid dienone is 2. The Hall–Kier alpha value is -1.29. The number of benzene rings is 1. The predicted molar refractivity (Wildman–Crippen MR) is 87.1 cm³/mol. The minimum Gasteiger partial charge on any atom is -0.496 e. The summed E-state index contributed by atoms with van der Waals surface area (Å²) >= 11 is 3.47. The molecular weight excluding hydrogens is 333 g/mol. The lowest BCUT2D eigenvalue weighted by Gasteiger charge is -2.30. The van der Waals surface area contributed by atoms with E-state index in [4.69, 9.17) is 9.47 Å². The van der Waals surface area contributed by atoms with Crippen LogP contribution in [0.25, 0.3) is 0 Å². The Bertz CT molecular complexity index is 552. The quantitative estimate of drug-likeness (QED) is 0.590. The molecule has 0 heterocycles. The number of rotatable bonds is 4. The molecule has 1 aromatic rings. The molecule has 0 saturated heterocycles. The monoisotopic (exact) mass is 353 g/mol. The fraction of sp³-hybridized carbons (Fsp3) is 0.471. The van der Waals surface area contributed by atoms with Crippen LogP contribution in [0.3, 0.4) is 0 Å². The second-order valence-corrected chi connectivity index (χ2v) is 6.43. The number of Topliss-reactive ketones (excluding diaryl/α,β-unsaturated/α-hetero) is 1. The first-order chi connectivity index (χ1) is 9.97. The van der Waals surface area contributed by atoms with Crippen LogP contribution >= 0.6 is 15.9 Å². The molecule has 21 heavy (non-hydrogen) atoms. The van der Waals surface area contributed by atoms with Crippen LogP contribution in [0.5, 0.6) is 11.5 Å². The number of carbonyl (C=O) groups excluding carboxylic acids is 1. The molecule has 0 bridgehead atoms. The van der Waals surface area contributed by atoms with Crippen LogP contribution in [-0.4, -0.2) is 20.0 Å². The van der Waals surface area contributed by atoms with Gasteiger partial charge in [0.05, 0.1) is 14.2 Å². The average molecular weight is 354 g/mol. The van der Waals surface area contributed by atoms with Crippen LogP contribution in [-0.2, 0) is 4.79 Å². The molecule has 2 rings (SSSR count). The highest BCUT2D eigenvalue weighted by atomic mass is 79.9. The molecule has 4 heteroatoms. The molecule has 0 N–H and O–H groups in total. The molecule has 0 fully saturated rings. The van der Waals surface area contributed by atoms with Gasteiger partial charge >= 0.3 is 0 Å². The third-order valence-electron chi connectivity index (χ3n) is 4.11. The highest BCUT2D eigenvalue weighted by molar-refractivity contribution is 9.10. The summed E-state index contributed by atoms with van der Waals surface area (Å²) in [6.45, 7) is 3.78. The number of hydrogen-bond donors (Lipinski definition) is 0. The van der Waals surface area contributed by atoms with Crippen molar-refractivity contribution in [1.29, 1.82) is 0 Å². The van der Waals surface area contributed by atoms with E-state index in [0.717, 1.165) is 34.4 Å². The third kappa shape index (κ3) is 3.31. The maximum atomic E-state index is 12.0. The summed E-state index contributed by atoms with van der Waals surface area (Å²) in [5.74, 6) is 1.72. The van der Waals surface area contributed by atoms with Gasteiger partial charge in [0.25, 0.3) is 0 Å². The van der Waals surface area contributed by atoms with Crippen molar-refractivity contribution in [3.8, 4) is 11.5 Å². The molecule has 1 aromatic carbocycles. The molecule has 0 amide bonds. The minimum atomic E-state index is -0.0160. The first-order valence-corrected chi connectivity index (χ1v) is 7.86. The van der Waals surface area contributed by atoms with Crippen molar-refractivity contribution in [2.45, 2.75) is 32.6 Å². The summed E-state index contributed by atoms with van der Waals surface area (Å²) in [5, 5.41) is 0. The van der Waals surface area contributed by atoms with E-state index in [-0.39, 0.29) is 17.6 Å². The van der Waals surface area contributed by atoms with E-state index in [2.05, 4.69) is 28.9 Å². The van der Waals surface area contributed by atoms with Crippen molar-refractivity contribution in [3.63, 3.8) is 0 Å². The summed E-state index contributed by atoms with van der Waals surface area (Å²) in [4.78, 5) is 12.0. The number of halogens is 1. The standard InChI is InChI=1S/C17H21BrO3/c1-10-5-6-13(11(2)19)14(7-10)17-15(20-3)8-12(18)9-16(17)21-4/h7-9,13-14H,5-6H2,1-4H3/t13-,14+/m0/s1/i2+1. The SMILES string of the molecule is COc1cc(Br)cc(OC)c1[C@@H]1C=C(C)CC[C@H]1C([13CH3])=O. The second-order valence-electron chi connectivity index (χ2n) is 5.52. The molecule has 3 nitrogen and oxygen atoms in total. The summed E-state index contributed by atoms with van der Waals surface area (Å²) in [5.41, 5.74) is 2.27. The summed E-state index contributed by atoms with van der Waals surface area (Å²) in [7, 11) is 3.29. The summed E-state index contributed by atoms with van der Waals surface area (Å²) < 4.78 is 12.0. The van der Waals surface area contributed by atoms with Gasteiger partial charge in [-0.05, 0) is 38.8 Å². The number of methoxy groups -OCH3 is 2. The van der Waals surface area contributed by atoms with Gasteiger partial charge in [-0.3, -0.25) is 4.79 Å². The van der Waals surface area contributed by atoms with Gasteiger partial charge in [-0.1, -0.05) is 27.6 Å². The summed E-state index contributed by atoms with van der Waals surface area (Å²) in [6.07, 6.45) is 4.04. The van der Waals surface area contributed by atoms with Crippen LogP contribution in [0.2, 0.25) is 0 Å². The number of ketones is 1. The van der Waals surface area contributed by atoms with Gasteiger partial charge in [-0.2, -0.15) is 0 Å². The molecule has 0 radical (unpaired) electrons. The molecule has 0 spiro atoms. The zero-order chi connectivity index (χ0) is 15.6. The maximum absolute atomic E-state index is 12.0. The van der Waals surface area contributed by atoms with Crippen molar-refractivity contribution < 1.29 is 14.3 Å². The normalized spacial score (nSPS) is 21.7. The van der Waals surface area contributed by atoms with E-state index in [1.165, 1.54) is 5.57 Å². The molecule has 114 valence electrons. The van der Waals surface area contributed by atoms with Gasteiger partial charge in [-0.25, -0.2) is 0 Å². The lowest BCUT2D eigenvalue weighted by molar-refractivity contribution is -0.121. The van der Waals surface area contributed by atoms with E-state index in [1.807, 2.05) is 12.1 Å². The van der Waals surface area contributed by atoms with Gasteiger partial charge in [0.2, 0.25) is 0 Å². The lowest BCUT2D eigenvalue weighted by Crippen LogP contribution is -2.23. The fourth-order valence-corrected chi connectivity index (χ4v) is 3.46. The zero-order valence-electron chi connectivity index (χ0n) is 12.9. The fourth-order valence-electron chi connectivity index (χ4n) is 3.04. The molecule has 0 unspecified atom stereocenters. The molecule has 0 aliphatic heterocycles. The van der Waals surface area contributed by atoms with Gasteiger partial charge < -0.3 is 9.47 Å². The highest BCUT2D eigenvalue weighted by Crippen LogP contribution is 2.46. The predicted octanol–water partition coefficient (Wildman–Crippen LogP) is 4.50. The largest absolute Gasteiger partial charge is 0.496 e. The van der Waals surface area contributed by atoms with E-state index >= 15 is 0 Å². The van der Waals surface area contributed by atoms with E-state index < -0.39 is 0 Å². The molecule has 1 aliphatic rings. The maximum Gasteiger partial charge on any atom is 0.133 e. The smallest absolute Gasteiger partial charge is 0.133 e. The van der Waals surface area contributed by atoms with Gasteiger partial charge in [0.1, 0.15) is 17.3 Å². The highest BCUT2D eigenvalue weighted by Gasteiger charge is 2.32. The molecule has 1 aliphatic carbocycles. The topological polar surface area (TPSA) is 35.5 Å². The summed E-state index contributed by atoms with van der Waals surface area (Å²) in [6, 6.07) is 3.85. The average Bonchev–Trinajstić information content (AvgIpc) is 2.45. The Labute approximate surface area is 134 Å². The Kier molecular flexibility index (Phi) is 5.09. The number of hydrogen-bond acceptors (Lipinski definition) is 3. The first-order valence-electron chi connectivity index (χ1n) is 7.07. The Morgan fingerprint density at radius 3 is 2.29 bits per heavy atom. The Morgan fingerprint density at radius 2 is 1.81 bits per heavy atom. The van der Waals surface area contributed by atoms with Gasteiger partial charge in [0, 0.05) is 21.9 Å².